The van der Waals surface area contributed by atoms with E-state index in [4.69, 9.17) is 0 Å². The van der Waals surface area contributed by atoms with E-state index < -0.39 is 20.0 Å². The predicted octanol–water partition coefficient (Wildman–Crippen LogP) is 3.40. The first-order valence-corrected chi connectivity index (χ1v) is 12.4. The summed E-state index contributed by atoms with van der Waals surface area (Å²) in [6.07, 6.45) is 7.59. The largest absolute Gasteiger partial charge is 0.241 e. The van der Waals surface area contributed by atoms with Gasteiger partial charge in [0.25, 0.3) is 0 Å². The van der Waals surface area contributed by atoms with Crippen LogP contribution in [0.25, 0.3) is 0 Å². The molecule has 8 heteroatoms. The summed E-state index contributed by atoms with van der Waals surface area (Å²) in [5.74, 6) is 0. The van der Waals surface area contributed by atoms with Crippen molar-refractivity contribution in [2.75, 3.05) is 13.1 Å². The van der Waals surface area contributed by atoms with Crippen LogP contribution in [-0.4, -0.2) is 29.9 Å². The van der Waals surface area contributed by atoms with E-state index in [1.165, 1.54) is 24.3 Å². The maximum Gasteiger partial charge on any atom is 0.241 e. The van der Waals surface area contributed by atoms with Crippen LogP contribution in [0.1, 0.15) is 65.2 Å². The average molecular weight is 405 g/mol. The molecule has 0 atom stereocenters. The molecule has 0 radical (unpaired) electrons. The SMILES string of the molecule is CCCCCCNS(=O)(=O)c1ccccc1S(=O)(=O)NCCCCCC. The van der Waals surface area contributed by atoms with Crippen molar-refractivity contribution in [2.24, 2.45) is 0 Å². The summed E-state index contributed by atoms with van der Waals surface area (Å²) >= 11 is 0. The van der Waals surface area contributed by atoms with Crippen LogP contribution < -0.4 is 9.44 Å². The molecule has 1 aromatic rings. The number of nitrogens with one attached hydrogen (secondary N) is 2. The Bertz CT molecular complexity index is 668. The van der Waals surface area contributed by atoms with Crippen molar-refractivity contribution in [2.45, 2.75) is 75.0 Å². The van der Waals surface area contributed by atoms with Crippen LogP contribution in [0.5, 0.6) is 0 Å². The highest BCUT2D eigenvalue weighted by molar-refractivity contribution is 7.92. The Labute approximate surface area is 158 Å². The first-order chi connectivity index (χ1) is 12.3. The Morgan fingerprint density at radius 3 is 1.38 bits per heavy atom. The second-order valence-electron chi connectivity index (χ2n) is 6.36. The molecule has 0 spiro atoms. The zero-order chi connectivity index (χ0) is 19.5. The number of benzene rings is 1. The number of unbranched alkanes of at least 4 members (excludes halogenated alkanes) is 6. The lowest BCUT2D eigenvalue weighted by molar-refractivity contribution is 0.560. The van der Waals surface area contributed by atoms with Gasteiger partial charge >= 0.3 is 0 Å². The van der Waals surface area contributed by atoms with Gasteiger partial charge in [0.1, 0.15) is 9.79 Å². The highest BCUT2D eigenvalue weighted by Gasteiger charge is 2.25. The Balaban J connectivity index is 2.82. The molecular formula is C18H32N2O4S2. The van der Waals surface area contributed by atoms with Crippen molar-refractivity contribution < 1.29 is 16.8 Å². The van der Waals surface area contributed by atoms with E-state index in [2.05, 4.69) is 23.3 Å². The average Bonchev–Trinajstić information content (AvgIpc) is 2.61. The molecule has 0 fully saturated rings. The number of rotatable bonds is 14. The van der Waals surface area contributed by atoms with Crippen molar-refractivity contribution in [1.29, 1.82) is 0 Å². The zero-order valence-corrected chi connectivity index (χ0v) is 17.5. The maximum absolute atomic E-state index is 12.5. The quantitative estimate of drug-likeness (QED) is 0.465. The van der Waals surface area contributed by atoms with Gasteiger partial charge < -0.3 is 0 Å². The lowest BCUT2D eigenvalue weighted by atomic mass is 10.2. The zero-order valence-electron chi connectivity index (χ0n) is 15.8. The van der Waals surface area contributed by atoms with E-state index in [0.29, 0.717) is 13.1 Å². The topological polar surface area (TPSA) is 92.3 Å². The van der Waals surface area contributed by atoms with Gasteiger partial charge in [-0.25, -0.2) is 26.3 Å². The minimum absolute atomic E-state index is 0.198. The number of hydrogen-bond acceptors (Lipinski definition) is 4. The van der Waals surface area contributed by atoms with Gasteiger partial charge in [-0.1, -0.05) is 64.5 Å². The molecule has 1 aromatic carbocycles. The van der Waals surface area contributed by atoms with Gasteiger partial charge in [0.2, 0.25) is 20.0 Å². The van der Waals surface area contributed by atoms with Gasteiger partial charge in [0.05, 0.1) is 0 Å². The monoisotopic (exact) mass is 404 g/mol. The third-order valence-corrected chi connectivity index (χ3v) is 7.24. The Morgan fingerprint density at radius 2 is 1.04 bits per heavy atom. The van der Waals surface area contributed by atoms with Crippen molar-refractivity contribution >= 4 is 20.0 Å². The molecule has 0 aromatic heterocycles. The third kappa shape index (κ3) is 7.73. The Morgan fingerprint density at radius 1 is 0.654 bits per heavy atom. The summed E-state index contributed by atoms with van der Waals surface area (Å²) in [5, 5.41) is 0. The van der Waals surface area contributed by atoms with Crippen LogP contribution >= 0.6 is 0 Å². The highest BCUT2D eigenvalue weighted by atomic mass is 32.2. The fourth-order valence-corrected chi connectivity index (χ4v) is 5.54. The smallest absolute Gasteiger partial charge is 0.211 e. The Kier molecular flexibility index (Phi) is 10.4. The fourth-order valence-electron chi connectivity index (χ4n) is 2.57. The van der Waals surface area contributed by atoms with E-state index >= 15 is 0 Å². The van der Waals surface area contributed by atoms with Crippen LogP contribution in [0, 0.1) is 0 Å². The van der Waals surface area contributed by atoms with Crippen LogP contribution in [0.15, 0.2) is 34.1 Å². The third-order valence-electron chi connectivity index (χ3n) is 4.07. The molecule has 0 saturated heterocycles. The second-order valence-corrected chi connectivity index (χ2v) is 9.83. The highest BCUT2D eigenvalue weighted by Crippen LogP contribution is 2.20. The fraction of sp³-hybridized carbons (Fsp3) is 0.667. The molecule has 0 bridgehead atoms. The molecular weight excluding hydrogens is 372 g/mol. The van der Waals surface area contributed by atoms with Gasteiger partial charge in [-0.05, 0) is 25.0 Å². The van der Waals surface area contributed by atoms with Gasteiger partial charge in [0, 0.05) is 13.1 Å². The second kappa shape index (κ2) is 11.7. The minimum atomic E-state index is -3.87. The van der Waals surface area contributed by atoms with E-state index in [-0.39, 0.29) is 9.79 Å². The molecule has 0 heterocycles. The van der Waals surface area contributed by atoms with Crippen LogP contribution in [-0.2, 0) is 20.0 Å². The molecule has 26 heavy (non-hydrogen) atoms. The lowest BCUT2D eigenvalue weighted by Gasteiger charge is -2.13. The van der Waals surface area contributed by atoms with Gasteiger partial charge in [-0.2, -0.15) is 0 Å². The van der Waals surface area contributed by atoms with Crippen molar-refractivity contribution in [3.63, 3.8) is 0 Å². The molecule has 0 aliphatic heterocycles. The summed E-state index contributed by atoms with van der Waals surface area (Å²) in [6, 6.07) is 5.73. The molecule has 6 nitrogen and oxygen atoms in total. The molecule has 0 unspecified atom stereocenters. The van der Waals surface area contributed by atoms with Gasteiger partial charge in [-0.3, -0.25) is 0 Å². The van der Waals surface area contributed by atoms with E-state index in [1.807, 2.05) is 0 Å². The molecule has 0 saturated carbocycles. The summed E-state index contributed by atoms with van der Waals surface area (Å²) < 4.78 is 55.2. The minimum Gasteiger partial charge on any atom is -0.211 e. The molecule has 0 amide bonds. The molecule has 150 valence electrons. The predicted molar refractivity (Wildman–Crippen MR) is 105 cm³/mol. The Hall–Kier alpha value is -0.960. The van der Waals surface area contributed by atoms with Crippen LogP contribution in [0.3, 0.4) is 0 Å². The molecule has 1 rings (SSSR count). The summed E-state index contributed by atoms with van der Waals surface area (Å²) in [6.45, 7) is 4.78. The summed E-state index contributed by atoms with van der Waals surface area (Å²) in [4.78, 5) is -0.395. The normalized spacial score (nSPS) is 12.4. The number of hydrogen-bond donors (Lipinski definition) is 2. The van der Waals surface area contributed by atoms with E-state index in [1.54, 1.807) is 0 Å². The molecule has 2 N–H and O–H groups in total. The van der Waals surface area contributed by atoms with Gasteiger partial charge in [-0.15, -0.1) is 0 Å². The van der Waals surface area contributed by atoms with Crippen molar-refractivity contribution in [3.05, 3.63) is 24.3 Å². The molecule has 0 aliphatic carbocycles. The van der Waals surface area contributed by atoms with Crippen LogP contribution in [0.4, 0.5) is 0 Å². The standard InChI is InChI=1S/C18H32N2O4S2/c1-3-5-7-11-15-19-25(21,22)17-13-9-10-14-18(17)26(23,24)20-16-12-8-6-4-2/h9-10,13-14,19-20H,3-8,11-12,15-16H2,1-2H3. The van der Waals surface area contributed by atoms with Crippen LogP contribution in [0.2, 0.25) is 0 Å². The number of sulfonamides is 2. The lowest BCUT2D eigenvalue weighted by Crippen LogP contribution is -2.30. The van der Waals surface area contributed by atoms with Gasteiger partial charge in [0.15, 0.2) is 0 Å². The van der Waals surface area contributed by atoms with Crippen molar-refractivity contribution in [3.8, 4) is 0 Å². The van der Waals surface area contributed by atoms with E-state index in [9.17, 15) is 16.8 Å². The first kappa shape index (κ1) is 23.1. The maximum atomic E-state index is 12.5. The van der Waals surface area contributed by atoms with E-state index in [0.717, 1.165) is 51.4 Å². The summed E-state index contributed by atoms with van der Waals surface area (Å²) in [7, 11) is -7.74. The summed E-state index contributed by atoms with van der Waals surface area (Å²) in [5.41, 5.74) is 0. The van der Waals surface area contributed by atoms with Crippen molar-refractivity contribution in [1.82, 2.24) is 9.44 Å². The molecule has 0 aliphatic rings. The first-order valence-electron chi connectivity index (χ1n) is 9.43.